The van der Waals surface area contributed by atoms with Crippen molar-refractivity contribution < 1.29 is 14.0 Å². The fraction of sp³-hybridized carbons (Fsp3) is 0.600. The zero-order chi connectivity index (χ0) is 22.5. The standard InChI is InChI=1S/C23H32FN3O.C2H4O/c1-14(2)22-21-18(19-12-17(24)8-9-20(19)26-21)10-11-27(22)23(28)16-6-4-15(5-7-16)13-25-3;1-2-3/h8-9,12,14-16,22,25-26H,4-7,10-11,13H2,1-3H3;2H,1H3. The summed E-state index contributed by atoms with van der Waals surface area (Å²) in [6.45, 7) is 7.58. The number of hydrogen-bond donors (Lipinski definition) is 2. The van der Waals surface area contributed by atoms with E-state index >= 15 is 0 Å². The molecule has 6 heteroatoms. The van der Waals surface area contributed by atoms with E-state index in [9.17, 15) is 9.18 Å². The molecule has 0 saturated heterocycles. The topological polar surface area (TPSA) is 65.2 Å². The minimum Gasteiger partial charge on any atom is -0.356 e. The summed E-state index contributed by atoms with van der Waals surface area (Å²) in [6, 6.07) is 4.99. The Morgan fingerprint density at radius 1 is 1.29 bits per heavy atom. The maximum absolute atomic E-state index is 13.8. The molecule has 1 aromatic heterocycles. The molecule has 5 nitrogen and oxygen atoms in total. The number of rotatable bonds is 4. The number of amides is 1. The van der Waals surface area contributed by atoms with Gasteiger partial charge in [-0.05, 0) is 88.2 Å². The molecular formula is C25H36FN3O2. The van der Waals surface area contributed by atoms with Crippen molar-refractivity contribution in [2.45, 2.75) is 58.9 Å². The predicted octanol–water partition coefficient (Wildman–Crippen LogP) is 4.62. The SMILES string of the molecule is CC=O.CNCC1CCC(C(=O)N2CCc3c([nH]c4ccc(F)cc34)C2C(C)C)CC1. The van der Waals surface area contributed by atoms with E-state index in [4.69, 9.17) is 4.79 Å². The molecule has 2 heterocycles. The van der Waals surface area contributed by atoms with Crippen LogP contribution in [0.3, 0.4) is 0 Å². The third-order valence-corrected chi connectivity index (χ3v) is 6.74. The lowest BCUT2D eigenvalue weighted by molar-refractivity contribution is -0.141. The number of halogens is 1. The zero-order valence-corrected chi connectivity index (χ0v) is 19.2. The lowest BCUT2D eigenvalue weighted by atomic mass is 9.80. The fourth-order valence-corrected chi connectivity index (χ4v) is 5.37. The molecule has 0 bridgehead atoms. The Morgan fingerprint density at radius 2 is 1.97 bits per heavy atom. The summed E-state index contributed by atoms with van der Waals surface area (Å²) >= 11 is 0. The van der Waals surface area contributed by atoms with Crippen molar-refractivity contribution >= 4 is 23.1 Å². The normalized spacial score (nSPS) is 23.3. The van der Waals surface area contributed by atoms with Gasteiger partial charge in [-0.25, -0.2) is 4.39 Å². The van der Waals surface area contributed by atoms with Crippen molar-refractivity contribution in [3.63, 3.8) is 0 Å². The Morgan fingerprint density at radius 3 is 2.58 bits per heavy atom. The lowest BCUT2D eigenvalue weighted by Crippen LogP contribution is -2.45. The van der Waals surface area contributed by atoms with Crippen LogP contribution >= 0.6 is 0 Å². The molecule has 1 saturated carbocycles. The van der Waals surface area contributed by atoms with Crippen molar-refractivity contribution in [3.05, 3.63) is 35.3 Å². The summed E-state index contributed by atoms with van der Waals surface area (Å²) in [5, 5.41) is 4.24. The van der Waals surface area contributed by atoms with Crippen LogP contribution in [0.1, 0.15) is 63.8 Å². The van der Waals surface area contributed by atoms with Crippen molar-refractivity contribution in [2.24, 2.45) is 17.8 Å². The number of nitrogens with one attached hydrogen (secondary N) is 2. The van der Waals surface area contributed by atoms with Gasteiger partial charge >= 0.3 is 0 Å². The number of aldehydes is 1. The highest BCUT2D eigenvalue weighted by Gasteiger charge is 2.38. The first-order valence-corrected chi connectivity index (χ1v) is 11.6. The predicted molar refractivity (Wildman–Crippen MR) is 122 cm³/mol. The summed E-state index contributed by atoms with van der Waals surface area (Å²) in [4.78, 5) is 27.9. The number of carbonyl (C=O) groups excluding carboxylic acids is 2. The van der Waals surface area contributed by atoms with Gasteiger partial charge in [0, 0.05) is 29.1 Å². The molecule has 2 aromatic rings. The van der Waals surface area contributed by atoms with Crippen molar-refractivity contribution in [2.75, 3.05) is 20.1 Å². The molecule has 31 heavy (non-hydrogen) atoms. The van der Waals surface area contributed by atoms with Crippen LogP contribution in [0, 0.1) is 23.6 Å². The van der Waals surface area contributed by atoms with Gasteiger partial charge in [0.1, 0.15) is 12.1 Å². The monoisotopic (exact) mass is 429 g/mol. The van der Waals surface area contributed by atoms with Gasteiger partial charge in [0.2, 0.25) is 5.91 Å². The lowest BCUT2D eigenvalue weighted by Gasteiger charge is -2.41. The Hall–Kier alpha value is -2.21. The first-order valence-electron chi connectivity index (χ1n) is 11.6. The average molecular weight is 430 g/mol. The summed E-state index contributed by atoms with van der Waals surface area (Å²) in [5.74, 6) is 1.27. The molecule has 0 radical (unpaired) electrons. The van der Waals surface area contributed by atoms with E-state index in [1.165, 1.54) is 18.6 Å². The molecule has 1 atom stereocenters. The van der Waals surface area contributed by atoms with Gasteiger partial charge in [-0.2, -0.15) is 0 Å². The molecule has 1 fully saturated rings. The highest BCUT2D eigenvalue weighted by molar-refractivity contribution is 5.86. The molecule has 1 aromatic carbocycles. The number of hydrogen-bond acceptors (Lipinski definition) is 3. The number of nitrogens with zero attached hydrogens (tertiary/aromatic N) is 1. The van der Waals surface area contributed by atoms with E-state index in [0.29, 0.717) is 17.7 Å². The quantitative estimate of drug-likeness (QED) is 0.697. The van der Waals surface area contributed by atoms with Gasteiger partial charge in [-0.1, -0.05) is 13.8 Å². The minimum absolute atomic E-state index is 0.0433. The minimum atomic E-state index is -0.202. The van der Waals surface area contributed by atoms with Crippen LogP contribution in [0.25, 0.3) is 10.9 Å². The number of aromatic amines is 1. The second-order valence-corrected chi connectivity index (χ2v) is 9.19. The molecular weight excluding hydrogens is 393 g/mol. The van der Waals surface area contributed by atoms with Crippen LogP contribution in [0.15, 0.2) is 18.2 Å². The molecule has 1 aliphatic carbocycles. The second kappa shape index (κ2) is 10.4. The largest absolute Gasteiger partial charge is 0.356 e. The van der Waals surface area contributed by atoms with Crippen LogP contribution in [0.2, 0.25) is 0 Å². The van der Waals surface area contributed by atoms with E-state index in [0.717, 1.165) is 68.1 Å². The average Bonchev–Trinajstić information content (AvgIpc) is 3.11. The van der Waals surface area contributed by atoms with Crippen LogP contribution in [0.4, 0.5) is 4.39 Å². The fourth-order valence-electron chi connectivity index (χ4n) is 5.37. The Labute approximate surface area is 184 Å². The van der Waals surface area contributed by atoms with Crippen LogP contribution in [-0.4, -0.2) is 42.2 Å². The second-order valence-electron chi connectivity index (χ2n) is 9.19. The van der Waals surface area contributed by atoms with E-state index in [1.807, 2.05) is 13.1 Å². The van der Waals surface area contributed by atoms with Crippen molar-refractivity contribution in [3.8, 4) is 0 Å². The Bertz CT molecular complexity index is 900. The smallest absolute Gasteiger partial charge is 0.226 e. The number of benzene rings is 1. The number of H-pyrrole nitrogens is 1. The summed E-state index contributed by atoms with van der Waals surface area (Å²) < 4.78 is 13.8. The van der Waals surface area contributed by atoms with Gasteiger partial charge in [-0.3, -0.25) is 4.79 Å². The first-order chi connectivity index (χ1) is 14.9. The maximum Gasteiger partial charge on any atom is 0.226 e. The van der Waals surface area contributed by atoms with E-state index in [1.54, 1.807) is 6.07 Å². The molecule has 2 aliphatic rings. The van der Waals surface area contributed by atoms with Crippen molar-refractivity contribution in [1.29, 1.82) is 0 Å². The molecule has 2 N–H and O–H groups in total. The molecule has 1 aliphatic heterocycles. The third-order valence-electron chi connectivity index (χ3n) is 6.74. The number of fused-ring (bicyclic) bond motifs is 3. The summed E-state index contributed by atoms with van der Waals surface area (Å²) in [7, 11) is 2.00. The number of carbonyl (C=O) groups is 2. The van der Waals surface area contributed by atoms with Crippen LogP contribution in [0.5, 0.6) is 0 Å². The van der Waals surface area contributed by atoms with Gasteiger partial charge in [0.15, 0.2) is 0 Å². The van der Waals surface area contributed by atoms with Gasteiger partial charge in [-0.15, -0.1) is 0 Å². The molecule has 170 valence electrons. The number of aromatic nitrogens is 1. The molecule has 0 spiro atoms. The highest BCUT2D eigenvalue weighted by Crippen LogP contribution is 2.40. The summed E-state index contributed by atoms with van der Waals surface area (Å²) in [6.07, 6.45) is 5.81. The molecule has 1 amide bonds. The maximum atomic E-state index is 13.8. The Balaban J connectivity index is 0.000000858. The van der Waals surface area contributed by atoms with Gasteiger partial charge in [0.05, 0.1) is 6.04 Å². The van der Waals surface area contributed by atoms with E-state index < -0.39 is 0 Å². The Kier molecular flexibility index (Phi) is 7.87. The van der Waals surface area contributed by atoms with E-state index in [-0.39, 0.29) is 17.8 Å². The molecule has 1 unspecified atom stereocenters. The van der Waals surface area contributed by atoms with Gasteiger partial charge in [0.25, 0.3) is 0 Å². The zero-order valence-electron chi connectivity index (χ0n) is 19.2. The third kappa shape index (κ3) is 5.00. The summed E-state index contributed by atoms with van der Waals surface area (Å²) in [5.41, 5.74) is 3.27. The highest BCUT2D eigenvalue weighted by atomic mass is 19.1. The first kappa shape index (κ1) is 23.5. The van der Waals surface area contributed by atoms with Gasteiger partial charge < -0.3 is 20.0 Å². The molecule has 4 rings (SSSR count). The van der Waals surface area contributed by atoms with Crippen molar-refractivity contribution in [1.82, 2.24) is 15.2 Å². The van der Waals surface area contributed by atoms with Crippen LogP contribution in [-0.2, 0) is 16.0 Å². The van der Waals surface area contributed by atoms with Crippen LogP contribution < -0.4 is 5.32 Å². The van der Waals surface area contributed by atoms with E-state index in [2.05, 4.69) is 29.0 Å².